The van der Waals surface area contributed by atoms with E-state index in [-0.39, 0.29) is 0 Å². The van der Waals surface area contributed by atoms with Gasteiger partial charge in [-0.05, 0) is 31.0 Å². The number of anilines is 1. The van der Waals surface area contributed by atoms with Gasteiger partial charge in [0.2, 0.25) is 0 Å². The molecule has 4 heteroatoms. The summed E-state index contributed by atoms with van der Waals surface area (Å²) >= 11 is 0. The van der Waals surface area contributed by atoms with Gasteiger partial charge in [0, 0.05) is 0 Å². The largest absolute Gasteiger partial charge is 0.448 e. The smallest absolute Gasteiger partial charge is 0.428 e. The summed E-state index contributed by atoms with van der Waals surface area (Å²) < 4.78 is 4.91. The third-order valence-corrected chi connectivity index (χ3v) is 1.91. The Morgan fingerprint density at radius 1 is 1.53 bits per heavy atom. The number of aryl methyl sites for hydroxylation is 1. The predicted octanol–water partition coefficient (Wildman–Crippen LogP) is 2.22. The summed E-state index contributed by atoms with van der Waals surface area (Å²) in [6.45, 7) is 4.26. The molecule has 0 heterocycles. The van der Waals surface area contributed by atoms with E-state index in [1.54, 1.807) is 6.07 Å². The number of rotatable bonds is 3. The predicted molar refractivity (Wildman–Crippen MR) is 59.5 cm³/mol. The molecule has 0 saturated carbocycles. The van der Waals surface area contributed by atoms with E-state index in [1.165, 1.54) is 0 Å². The number of hydrogen-bond donors (Lipinski definition) is 1. The summed E-state index contributed by atoms with van der Waals surface area (Å²) in [5, 5.41) is 1.02. The van der Waals surface area contributed by atoms with Crippen molar-refractivity contribution in [3.8, 4) is 0 Å². The number of amides is 1. The molecule has 0 spiro atoms. The SMILES string of the molecule is CCCOC(=O)N(N)c1cccc(C)c1. The van der Waals surface area contributed by atoms with Crippen LogP contribution < -0.4 is 10.9 Å². The minimum Gasteiger partial charge on any atom is -0.448 e. The number of hydrogen-bond acceptors (Lipinski definition) is 3. The standard InChI is InChI=1S/C11H16N2O2/c1-3-7-15-11(14)13(12)10-6-4-5-9(2)8-10/h4-6,8H,3,7,12H2,1-2H3. The zero-order valence-corrected chi connectivity index (χ0v) is 9.06. The second-order valence-corrected chi connectivity index (χ2v) is 3.32. The van der Waals surface area contributed by atoms with Crippen LogP contribution in [0.15, 0.2) is 24.3 Å². The van der Waals surface area contributed by atoms with Crippen LogP contribution in [0.3, 0.4) is 0 Å². The van der Waals surface area contributed by atoms with Crippen LogP contribution in [0.4, 0.5) is 10.5 Å². The third-order valence-electron chi connectivity index (χ3n) is 1.91. The van der Waals surface area contributed by atoms with E-state index in [4.69, 9.17) is 10.6 Å². The topological polar surface area (TPSA) is 55.6 Å². The summed E-state index contributed by atoms with van der Waals surface area (Å²) in [5.74, 6) is 5.61. The average Bonchev–Trinajstić information content (AvgIpc) is 2.24. The van der Waals surface area contributed by atoms with Crippen molar-refractivity contribution < 1.29 is 9.53 Å². The highest BCUT2D eigenvalue weighted by molar-refractivity contribution is 5.86. The van der Waals surface area contributed by atoms with Gasteiger partial charge in [-0.15, -0.1) is 0 Å². The van der Waals surface area contributed by atoms with Gasteiger partial charge < -0.3 is 4.74 Å². The molecule has 82 valence electrons. The van der Waals surface area contributed by atoms with Gasteiger partial charge in [-0.1, -0.05) is 19.1 Å². The van der Waals surface area contributed by atoms with Crippen LogP contribution in [0.5, 0.6) is 0 Å². The van der Waals surface area contributed by atoms with Crippen LogP contribution in [-0.4, -0.2) is 12.7 Å². The molecule has 0 aliphatic rings. The molecule has 1 aromatic carbocycles. The maximum absolute atomic E-state index is 11.4. The van der Waals surface area contributed by atoms with Crippen molar-refractivity contribution in [3.63, 3.8) is 0 Å². The van der Waals surface area contributed by atoms with Gasteiger partial charge in [0.1, 0.15) is 0 Å². The van der Waals surface area contributed by atoms with Crippen LogP contribution in [0.25, 0.3) is 0 Å². The van der Waals surface area contributed by atoms with E-state index in [9.17, 15) is 4.79 Å². The average molecular weight is 208 g/mol. The first kappa shape index (κ1) is 11.5. The van der Waals surface area contributed by atoms with Crippen molar-refractivity contribution in [1.29, 1.82) is 0 Å². The number of carbonyl (C=O) groups is 1. The first-order valence-electron chi connectivity index (χ1n) is 4.93. The second-order valence-electron chi connectivity index (χ2n) is 3.32. The second kappa shape index (κ2) is 5.36. The first-order valence-corrected chi connectivity index (χ1v) is 4.93. The van der Waals surface area contributed by atoms with E-state index >= 15 is 0 Å². The molecule has 0 aromatic heterocycles. The molecule has 0 fully saturated rings. The summed E-state index contributed by atoms with van der Waals surface area (Å²) in [7, 11) is 0. The summed E-state index contributed by atoms with van der Waals surface area (Å²) in [4.78, 5) is 11.4. The maximum atomic E-state index is 11.4. The fourth-order valence-electron chi connectivity index (χ4n) is 1.14. The summed E-state index contributed by atoms with van der Waals surface area (Å²) in [6, 6.07) is 7.37. The van der Waals surface area contributed by atoms with Crippen LogP contribution in [0, 0.1) is 6.92 Å². The zero-order valence-electron chi connectivity index (χ0n) is 9.06. The first-order chi connectivity index (χ1) is 7.15. The lowest BCUT2D eigenvalue weighted by Gasteiger charge is -2.16. The van der Waals surface area contributed by atoms with Crippen molar-refractivity contribution >= 4 is 11.8 Å². The highest BCUT2D eigenvalue weighted by atomic mass is 16.6. The van der Waals surface area contributed by atoms with Crippen molar-refractivity contribution in [2.75, 3.05) is 11.6 Å². The molecule has 0 unspecified atom stereocenters. The molecule has 0 aliphatic heterocycles. The molecule has 1 amide bonds. The van der Waals surface area contributed by atoms with E-state index < -0.39 is 6.09 Å². The fourth-order valence-corrected chi connectivity index (χ4v) is 1.14. The molecule has 0 atom stereocenters. The van der Waals surface area contributed by atoms with Crippen molar-refractivity contribution in [2.45, 2.75) is 20.3 Å². The number of nitrogens with two attached hydrogens (primary N) is 1. The van der Waals surface area contributed by atoms with Gasteiger partial charge in [0.15, 0.2) is 0 Å². The van der Waals surface area contributed by atoms with Gasteiger partial charge in [-0.25, -0.2) is 15.6 Å². The minimum absolute atomic E-state index is 0.387. The molecule has 4 nitrogen and oxygen atoms in total. The van der Waals surface area contributed by atoms with Crippen LogP contribution >= 0.6 is 0 Å². The molecule has 1 aromatic rings. The molecule has 0 saturated heterocycles. The lowest BCUT2D eigenvalue weighted by molar-refractivity contribution is 0.154. The lowest BCUT2D eigenvalue weighted by atomic mass is 10.2. The number of hydrazine groups is 1. The van der Waals surface area contributed by atoms with E-state index in [2.05, 4.69) is 0 Å². The Bertz CT molecular complexity index is 339. The maximum Gasteiger partial charge on any atom is 0.428 e. The minimum atomic E-state index is -0.526. The van der Waals surface area contributed by atoms with Crippen LogP contribution in [-0.2, 0) is 4.74 Å². The van der Waals surface area contributed by atoms with Crippen molar-refractivity contribution in [3.05, 3.63) is 29.8 Å². The summed E-state index contributed by atoms with van der Waals surface area (Å²) in [6.07, 6.45) is 0.260. The quantitative estimate of drug-likeness (QED) is 0.470. The van der Waals surface area contributed by atoms with E-state index in [0.717, 1.165) is 17.0 Å². The zero-order chi connectivity index (χ0) is 11.3. The Hall–Kier alpha value is -1.55. The normalized spacial score (nSPS) is 9.80. The molecule has 2 N–H and O–H groups in total. The highest BCUT2D eigenvalue weighted by Crippen LogP contribution is 2.13. The Kier molecular flexibility index (Phi) is 4.12. The number of ether oxygens (including phenoxy) is 1. The van der Waals surface area contributed by atoms with Gasteiger partial charge in [0.25, 0.3) is 0 Å². The van der Waals surface area contributed by atoms with Crippen molar-refractivity contribution in [1.82, 2.24) is 0 Å². The molecule has 15 heavy (non-hydrogen) atoms. The Balaban J connectivity index is 2.67. The molecule has 1 rings (SSSR count). The Morgan fingerprint density at radius 2 is 2.27 bits per heavy atom. The van der Waals surface area contributed by atoms with E-state index in [0.29, 0.717) is 12.3 Å². The molecular formula is C11H16N2O2. The van der Waals surface area contributed by atoms with Gasteiger partial charge in [-0.3, -0.25) is 0 Å². The van der Waals surface area contributed by atoms with Crippen molar-refractivity contribution in [2.24, 2.45) is 5.84 Å². The van der Waals surface area contributed by atoms with Gasteiger partial charge >= 0.3 is 6.09 Å². The lowest BCUT2D eigenvalue weighted by Crippen LogP contribution is -2.38. The van der Waals surface area contributed by atoms with Gasteiger partial charge in [-0.2, -0.15) is 0 Å². The molecule has 0 aliphatic carbocycles. The van der Waals surface area contributed by atoms with Crippen LogP contribution in [0.2, 0.25) is 0 Å². The summed E-state index contributed by atoms with van der Waals surface area (Å²) in [5.41, 5.74) is 1.68. The molecule has 0 bridgehead atoms. The molecular weight excluding hydrogens is 192 g/mol. The Labute approximate surface area is 89.6 Å². The fraction of sp³-hybridized carbons (Fsp3) is 0.364. The van der Waals surface area contributed by atoms with E-state index in [1.807, 2.05) is 32.0 Å². The monoisotopic (exact) mass is 208 g/mol. The molecule has 0 radical (unpaired) electrons. The third kappa shape index (κ3) is 3.25. The number of nitrogens with zero attached hydrogens (tertiary/aromatic N) is 1. The highest BCUT2D eigenvalue weighted by Gasteiger charge is 2.12. The van der Waals surface area contributed by atoms with Gasteiger partial charge in [0.05, 0.1) is 12.3 Å². The van der Waals surface area contributed by atoms with Crippen LogP contribution in [0.1, 0.15) is 18.9 Å². The number of benzene rings is 1. The Morgan fingerprint density at radius 3 is 2.87 bits per heavy atom. The number of carbonyl (C=O) groups excluding carboxylic acids is 1.